The number of benzene rings is 3. The number of aryl methyl sites for hydroxylation is 1. The third kappa shape index (κ3) is 4.18. The van der Waals surface area contributed by atoms with Crippen LogP contribution in [0.15, 0.2) is 88.2 Å². The summed E-state index contributed by atoms with van der Waals surface area (Å²) in [4.78, 5) is 38.9. The average Bonchev–Trinajstić information content (AvgIpc) is 3.24. The van der Waals surface area contributed by atoms with E-state index in [2.05, 4.69) is 10.4 Å². The quantitative estimate of drug-likeness (QED) is 0.352. The molecule has 2 heterocycles. The SMILES string of the molecule is Cc1ccc(C(=O)c2oc3ccccc3c2NC(=O)c2nn(-c3ccc(F)cc3)ccc2=O)cc1F. The lowest BCUT2D eigenvalue weighted by atomic mass is 10.0. The Kier molecular flexibility index (Phi) is 5.73. The molecule has 0 aliphatic carbocycles. The monoisotopic (exact) mass is 485 g/mol. The Morgan fingerprint density at radius 3 is 2.47 bits per heavy atom. The van der Waals surface area contributed by atoms with Crippen molar-refractivity contribution in [3.63, 3.8) is 0 Å². The van der Waals surface area contributed by atoms with E-state index in [0.29, 0.717) is 22.2 Å². The molecule has 0 saturated heterocycles. The number of nitrogens with one attached hydrogen (secondary N) is 1. The fourth-order valence-corrected chi connectivity index (χ4v) is 3.67. The number of anilines is 1. The minimum Gasteiger partial charge on any atom is -0.450 e. The van der Waals surface area contributed by atoms with Gasteiger partial charge in [0.25, 0.3) is 5.91 Å². The maximum Gasteiger partial charge on any atom is 0.280 e. The highest BCUT2D eigenvalue weighted by Gasteiger charge is 2.25. The van der Waals surface area contributed by atoms with E-state index in [1.54, 1.807) is 31.2 Å². The summed E-state index contributed by atoms with van der Waals surface area (Å²) in [7, 11) is 0. The van der Waals surface area contributed by atoms with Crippen LogP contribution in [0.4, 0.5) is 14.5 Å². The van der Waals surface area contributed by atoms with Gasteiger partial charge in [0.2, 0.25) is 11.2 Å². The van der Waals surface area contributed by atoms with Crippen molar-refractivity contribution >= 4 is 28.3 Å². The Morgan fingerprint density at radius 1 is 0.972 bits per heavy atom. The predicted octanol–water partition coefficient (Wildman–Crippen LogP) is 5.05. The normalized spacial score (nSPS) is 11.0. The third-order valence-corrected chi connectivity index (χ3v) is 5.59. The maximum atomic E-state index is 14.1. The van der Waals surface area contributed by atoms with Crippen LogP contribution in [0.3, 0.4) is 0 Å². The van der Waals surface area contributed by atoms with E-state index in [-0.39, 0.29) is 17.0 Å². The van der Waals surface area contributed by atoms with Gasteiger partial charge in [-0.3, -0.25) is 14.4 Å². The van der Waals surface area contributed by atoms with Gasteiger partial charge in [0.1, 0.15) is 17.2 Å². The molecule has 0 atom stereocenters. The number of amides is 1. The molecule has 2 aromatic heterocycles. The Bertz CT molecular complexity index is 1710. The molecule has 1 amide bonds. The van der Waals surface area contributed by atoms with Gasteiger partial charge in [0.15, 0.2) is 11.5 Å². The van der Waals surface area contributed by atoms with E-state index in [4.69, 9.17) is 4.42 Å². The number of ketones is 1. The lowest BCUT2D eigenvalue weighted by Crippen LogP contribution is -2.26. The number of nitrogens with zero attached hydrogens (tertiary/aromatic N) is 2. The van der Waals surface area contributed by atoms with Crippen LogP contribution in [0, 0.1) is 18.6 Å². The number of aromatic nitrogens is 2. The summed E-state index contributed by atoms with van der Waals surface area (Å²) in [5.74, 6) is -2.76. The number of fused-ring (bicyclic) bond motifs is 1. The molecular formula is C27H17F2N3O4. The van der Waals surface area contributed by atoms with E-state index in [9.17, 15) is 23.2 Å². The molecule has 5 aromatic rings. The molecule has 0 fully saturated rings. The van der Waals surface area contributed by atoms with Gasteiger partial charge in [0, 0.05) is 23.2 Å². The minimum atomic E-state index is -0.882. The molecule has 0 aliphatic rings. The van der Waals surface area contributed by atoms with Crippen LogP contribution >= 0.6 is 0 Å². The van der Waals surface area contributed by atoms with Crippen LogP contribution in [0.2, 0.25) is 0 Å². The van der Waals surface area contributed by atoms with Crippen molar-refractivity contribution in [2.45, 2.75) is 6.92 Å². The standard InChI is InChI=1S/C27H17F2N3O4/c1-15-6-7-16(14-20(15)29)25(34)26-23(19-4-2-3-5-22(19)36-26)30-27(35)24-21(33)12-13-32(31-24)18-10-8-17(28)9-11-18/h2-14H,1H3,(H,30,35). The highest BCUT2D eigenvalue weighted by Crippen LogP contribution is 2.33. The smallest absolute Gasteiger partial charge is 0.280 e. The number of para-hydroxylation sites is 1. The molecule has 5 rings (SSSR count). The molecule has 0 bridgehead atoms. The highest BCUT2D eigenvalue weighted by molar-refractivity contribution is 6.18. The van der Waals surface area contributed by atoms with Gasteiger partial charge < -0.3 is 9.73 Å². The van der Waals surface area contributed by atoms with E-state index in [1.165, 1.54) is 47.3 Å². The summed E-state index contributed by atoms with van der Waals surface area (Å²) in [6, 6.07) is 17.1. The summed E-state index contributed by atoms with van der Waals surface area (Å²) >= 11 is 0. The van der Waals surface area contributed by atoms with Gasteiger partial charge in [-0.2, -0.15) is 5.10 Å². The Hall–Kier alpha value is -4.92. The number of furan rings is 1. The second-order valence-electron chi connectivity index (χ2n) is 8.00. The molecule has 0 spiro atoms. The van der Waals surface area contributed by atoms with Crippen molar-refractivity contribution in [1.82, 2.24) is 9.78 Å². The molecule has 3 aromatic carbocycles. The maximum absolute atomic E-state index is 14.1. The van der Waals surface area contributed by atoms with E-state index in [0.717, 1.165) is 12.1 Å². The highest BCUT2D eigenvalue weighted by atomic mass is 19.1. The number of hydrogen-bond acceptors (Lipinski definition) is 5. The molecule has 0 unspecified atom stereocenters. The van der Waals surface area contributed by atoms with Crippen LogP contribution < -0.4 is 10.7 Å². The molecule has 9 heteroatoms. The summed E-state index contributed by atoms with van der Waals surface area (Å²) in [6.45, 7) is 1.57. The zero-order valence-electron chi connectivity index (χ0n) is 18.8. The fraction of sp³-hybridized carbons (Fsp3) is 0.0370. The van der Waals surface area contributed by atoms with Crippen LogP contribution in [-0.4, -0.2) is 21.5 Å². The van der Waals surface area contributed by atoms with Crippen molar-refractivity contribution in [1.29, 1.82) is 0 Å². The second-order valence-corrected chi connectivity index (χ2v) is 8.00. The van der Waals surface area contributed by atoms with Gasteiger partial charge in [-0.05, 0) is 55.0 Å². The molecule has 0 radical (unpaired) electrons. The topological polar surface area (TPSA) is 94.2 Å². The Labute approximate surface area is 202 Å². The molecular weight excluding hydrogens is 468 g/mol. The van der Waals surface area contributed by atoms with Crippen molar-refractivity contribution in [3.8, 4) is 5.69 Å². The Balaban J connectivity index is 1.56. The first-order valence-corrected chi connectivity index (χ1v) is 10.8. The lowest BCUT2D eigenvalue weighted by Gasteiger charge is -2.09. The second kappa shape index (κ2) is 9.03. The van der Waals surface area contributed by atoms with Crippen molar-refractivity contribution in [2.24, 2.45) is 0 Å². The van der Waals surface area contributed by atoms with Gasteiger partial charge in [0.05, 0.1) is 11.4 Å². The lowest BCUT2D eigenvalue weighted by molar-refractivity contribution is 0.101. The van der Waals surface area contributed by atoms with Gasteiger partial charge in [-0.15, -0.1) is 0 Å². The summed E-state index contributed by atoms with van der Waals surface area (Å²) in [5, 5.41) is 7.08. The van der Waals surface area contributed by atoms with Crippen molar-refractivity contribution < 1.29 is 22.8 Å². The van der Waals surface area contributed by atoms with Crippen LogP contribution in [0.5, 0.6) is 0 Å². The number of rotatable bonds is 5. The molecule has 1 N–H and O–H groups in total. The zero-order valence-corrected chi connectivity index (χ0v) is 18.8. The molecule has 178 valence electrons. The molecule has 7 nitrogen and oxygen atoms in total. The van der Waals surface area contributed by atoms with E-state index in [1.807, 2.05) is 0 Å². The van der Waals surface area contributed by atoms with Gasteiger partial charge in [-0.1, -0.05) is 24.3 Å². The first kappa shape index (κ1) is 22.9. The zero-order chi connectivity index (χ0) is 25.4. The summed E-state index contributed by atoms with van der Waals surface area (Å²) < 4.78 is 34.4. The van der Waals surface area contributed by atoms with Gasteiger partial charge >= 0.3 is 0 Å². The van der Waals surface area contributed by atoms with Crippen molar-refractivity contribution in [3.05, 3.63) is 123 Å². The fourth-order valence-electron chi connectivity index (χ4n) is 3.67. The van der Waals surface area contributed by atoms with Gasteiger partial charge in [-0.25, -0.2) is 13.5 Å². The predicted molar refractivity (Wildman–Crippen MR) is 129 cm³/mol. The largest absolute Gasteiger partial charge is 0.450 e. The van der Waals surface area contributed by atoms with E-state index < -0.39 is 34.4 Å². The minimum absolute atomic E-state index is 0.0277. The molecule has 0 aliphatic heterocycles. The first-order chi connectivity index (χ1) is 17.3. The molecule has 0 saturated carbocycles. The summed E-state index contributed by atoms with van der Waals surface area (Å²) in [5.41, 5.74) is 0.0605. The van der Waals surface area contributed by atoms with E-state index >= 15 is 0 Å². The van der Waals surface area contributed by atoms with Crippen LogP contribution in [-0.2, 0) is 0 Å². The number of carbonyl (C=O) groups is 2. The number of halogens is 2. The first-order valence-electron chi connectivity index (χ1n) is 10.8. The van der Waals surface area contributed by atoms with Crippen LogP contribution in [0.25, 0.3) is 16.7 Å². The van der Waals surface area contributed by atoms with Crippen LogP contribution in [0.1, 0.15) is 32.2 Å². The average molecular weight is 485 g/mol. The molecule has 36 heavy (non-hydrogen) atoms. The van der Waals surface area contributed by atoms with Crippen molar-refractivity contribution in [2.75, 3.05) is 5.32 Å². The summed E-state index contributed by atoms with van der Waals surface area (Å²) in [6.07, 6.45) is 1.35. The number of hydrogen-bond donors (Lipinski definition) is 1. The Morgan fingerprint density at radius 2 is 1.72 bits per heavy atom. The number of carbonyl (C=O) groups excluding carboxylic acids is 2. The third-order valence-electron chi connectivity index (χ3n) is 5.59.